The summed E-state index contributed by atoms with van der Waals surface area (Å²) in [6.07, 6.45) is 2.38. The van der Waals surface area contributed by atoms with E-state index in [1.54, 1.807) is 18.3 Å². The smallest absolute Gasteiger partial charge is 0.270 e. The number of hydrogen-bond donors (Lipinski definition) is 1. The Morgan fingerprint density at radius 3 is 2.44 bits per heavy atom. The molecule has 1 atom stereocenters. The largest absolute Gasteiger partial charge is 0.346 e. The van der Waals surface area contributed by atoms with Gasteiger partial charge in [-0.1, -0.05) is 37.3 Å². The van der Waals surface area contributed by atoms with Gasteiger partial charge in [-0.3, -0.25) is 14.6 Å². The molecule has 1 heterocycles. The number of carbonyl (C=O) groups is 2. The quantitative estimate of drug-likeness (QED) is 0.868. The van der Waals surface area contributed by atoms with Gasteiger partial charge in [-0.2, -0.15) is 0 Å². The Morgan fingerprint density at radius 1 is 1.12 bits per heavy atom. The van der Waals surface area contributed by atoms with Crippen LogP contribution >= 0.6 is 0 Å². The van der Waals surface area contributed by atoms with E-state index in [0.29, 0.717) is 18.5 Å². The maximum Gasteiger partial charge on any atom is 0.270 e. The highest BCUT2D eigenvalue weighted by Gasteiger charge is 2.17. The van der Waals surface area contributed by atoms with Crippen LogP contribution in [0.1, 0.15) is 61.6 Å². The molecule has 132 valence electrons. The summed E-state index contributed by atoms with van der Waals surface area (Å²) in [4.78, 5) is 28.7. The van der Waals surface area contributed by atoms with Crippen LogP contribution in [0.4, 0.5) is 0 Å². The molecule has 0 saturated heterocycles. The second kappa shape index (κ2) is 8.06. The normalized spacial score (nSPS) is 12.5. The zero-order chi connectivity index (χ0) is 18.4. The summed E-state index contributed by atoms with van der Waals surface area (Å²) in [5.41, 5.74) is 2.00. The summed E-state index contributed by atoms with van der Waals surface area (Å²) >= 11 is 0. The summed E-state index contributed by atoms with van der Waals surface area (Å²) < 4.78 is 0. The Hall–Kier alpha value is -2.49. The molecule has 25 heavy (non-hydrogen) atoms. The Kier molecular flexibility index (Phi) is 6.07. The number of rotatable bonds is 6. The van der Waals surface area contributed by atoms with Crippen LogP contribution < -0.4 is 5.32 Å². The summed E-state index contributed by atoms with van der Waals surface area (Å²) in [6, 6.07) is 13.5. The van der Waals surface area contributed by atoms with Crippen LogP contribution in [-0.2, 0) is 11.2 Å². The third-order valence-corrected chi connectivity index (χ3v) is 3.85. The number of hydrogen-bond acceptors (Lipinski definition) is 3. The summed E-state index contributed by atoms with van der Waals surface area (Å²) in [6.45, 7) is 7.82. The number of aromatic nitrogens is 1. The van der Waals surface area contributed by atoms with Crippen LogP contribution in [0.15, 0.2) is 48.7 Å². The average molecular weight is 338 g/mol. The minimum absolute atomic E-state index is 0.157. The Labute approximate surface area is 149 Å². The molecule has 1 aromatic heterocycles. The minimum Gasteiger partial charge on any atom is -0.346 e. The maximum atomic E-state index is 12.4. The first-order valence-electron chi connectivity index (χ1n) is 8.59. The van der Waals surface area contributed by atoms with Gasteiger partial charge in [-0.25, -0.2) is 0 Å². The number of Topliss-reactive ketones (excluding diaryl/α,β-unsaturated/α-hetero) is 1. The van der Waals surface area contributed by atoms with E-state index < -0.39 is 0 Å². The number of carbonyl (C=O) groups excluding carboxylic acids is 2. The molecule has 0 unspecified atom stereocenters. The molecule has 0 bridgehead atoms. The molecule has 0 spiro atoms. The molecule has 0 saturated carbocycles. The van der Waals surface area contributed by atoms with Gasteiger partial charge < -0.3 is 5.32 Å². The van der Waals surface area contributed by atoms with E-state index in [1.807, 2.05) is 51.1 Å². The van der Waals surface area contributed by atoms with Crippen LogP contribution in [0.25, 0.3) is 0 Å². The van der Waals surface area contributed by atoms with Crippen LogP contribution in [0.2, 0.25) is 0 Å². The van der Waals surface area contributed by atoms with Crippen molar-refractivity contribution in [1.29, 1.82) is 0 Å². The number of nitrogens with one attached hydrogen (secondary N) is 1. The molecule has 0 aliphatic carbocycles. The molecule has 2 rings (SSSR count). The van der Waals surface area contributed by atoms with Crippen molar-refractivity contribution in [2.45, 2.75) is 52.0 Å². The zero-order valence-corrected chi connectivity index (χ0v) is 15.4. The van der Waals surface area contributed by atoms with Crippen molar-refractivity contribution >= 4 is 11.7 Å². The number of nitrogens with zero attached hydrogens (tertiary/aromatic N) is 1. The van der Waals surface area contributed by atoms with E-state index in [1.165, 1.54) is 0 Å². The Balaban J connectivity index is 1.99. The van der Waals surface area contributed by atoms with E-state index in [2.05, 4.69) is 17.2 Å². The first-order valence-corrected chi connectivity index (χ1v) is 8.59. The lowest BCUT2D eigenvalue weighted by atomic mass is 9.93. The van der Waals surface area contributed by atoms with Crippen molar-refractivity contribution in [3.8, 4) is 0 Å². The van der Waals surface area contributed by atoms with E-state index in [4.69, 9.17) is 0 Å². The van der Waals surface area contributed by atoms with Crippen LogP contribution in [-0.4, -0.2) is 22.2 Å². The van der Waals surface area contributed by atoms with Gasteiger partial charge in [0.25, 0.3) is 5.91 Å². The van der Waals surface area contributed by atoms with Gasteiger partial charge in [-0.15, -0.1) is 0 Å². The molecule has 4 nitrogen and oxygen atoms in total. The summed E-state index contributed by atoms with van der Waals surface area (Å²) in [7, 11) is 0. The fraction of sp³-hybridized carbons (Fsp3) is 0.381. The SMILES string of the molecule is C[C@H](CC(=O)Cc1ccnc(C(=O)NC(C)(C)C)c1)c1ccccc1. The van der Waals surface area contributed by atoms with Gasteiger partial charge in [-0.05, 0) is 49.9 Å². The second-order valence-electron chi connectivity index (χ2n) is 7.48. The fourth-order valence-corrected chi connectivity index (χ4v) is 2.65. The Morgan fingerprint density at radius 2 is 1.80 bits per heavy atom. The van der Waals surface area contributed by atoms with E-state index in [-0.39, 0.29) is 23.1 Å². The molecule has 4 heteroatoms. The number of ketones is 1. The zero-order valence-electron chi connectivity index (χ0n) is 15.4. The topological polar surface area (TPSA) is 59.1 Å². The first kappa shape index (κ1) is 18.8. The van der Waals surface area contributed by atoms with Crippen molar-refractivity contribution in [2.24, 2.45) is 0 Å². The van der Waals surface area contributed by atoms with Gasteiger partial charge in [0.15, 0.2) is 0 Å². The van der Waals surface area contributed by atoms with E-state index in [0.717, 1.165) is 11.1 Å². The van der Waals surface area contributed by atoms with Crippen molar-refractivity contribution in [3.63, 3.8) is 0 Å². The number of amides is 1. The third-order valence-electron chi connectivity index (χ3n) is 3.85. The standard InChI is InChI=1S/C21H26N2O2/c1-15(17-8-6-5-7-9-17)12-18(24)13-16-10-11-22-19(14-16)20(25)23-21(2,3)4/h5-11,14-15H,12-13H2,1-4H3,(H,23,25)/t15-/m1/s1. The highest BCUT2D eigenvalue weighted by molar-refractivity contribution is 5.93. The monoisotopic (exact) mass is 338 g/mol. The van der Waals surface area contributed by atoms with Gasteiger partial charge in [0.05, 0.1) is 0 Å². The molecule has 0 aliphatic heterocycles. The predicted octanol–water partition coefficient (Wildman–Crippen LogP) is 3.92. The summed E-state index contributed by atoms with van der Waals surface area (Å²) in [5, 5.41) is 2.88. The van der Waals surface area contributed by atoms with Crippen molar-refractivity contribution in [1.82, 2.24) is 10.3 Å². The molecule has 2 aromatic rings. The predicted molar refractivity (Wildman–Crippen MR) is 99.6 cm³/mol. The summed E-state index contributed by atoms with van der Waals surface area (Å²) in [5.74, 6) is 0.114. The van der Waals surface area contributed by atoms with E-state index in [9.17, 15) is 9.59 Å². The van der Waals surface area contributed by atoms with E-state index >= 15 is 0 Å². The lowest BCUT2D eigenvalue weighted by molar-refractivity contribution is -0.118. The highest BCUT2D eigenvalue weighted by Crippen LogP contribution is 2.19. The fourth-order valence-electron chi connectivity index (χ4n) is 2.65. The number of pyridine rings is 1. The molecular formula is C21H26N2O2. The van der Waals surface area contributed by atoms with Crippen LogP contribution in [0, 0.1) is 0 Å². The molecular weight excluding hydrogens is 312 g/mol. The molecule has 0 aliphatic rings. The second-order valence-corrected chi connectivity index (χ2v) is 7.48. The maximum absolute atomic E-state index is 12.4. The molecule has 0 radical (unpaired) electrons. The molecule has 1 amide bonds. The first-order chi connectivity index (χ1) is 11.7. The molecule has 1 aromatic carbocycles. The van der Waals surface area contributed by atoms with Crippen LogP contribution in [0.3, 0.4) is 0 Å². The molecule has 1 N–H and O–H groups in total. The van der Waals surface area contributed by atoms with Crippen LogP contribution in [0.5, 0.6) is 0 Å². The highest BCUT2D eigenvalue weighted by atomic mass is 16.2. The average Bonchev–Trinajstić information content (AvgIpc) is 2.54. The van der Waals surface area contributed by atoms with Crippen molar-refractivity contribution < 1.29 is 9.59 Å². The van der Waals surface area contributed by atoms with Gasteiger partial charge in [0, 0.05) is 24.6 Å². The Bertz CT molecular complexity index is 733. The van der Waals surface area contributed by atoms with Gasteiger partial charge in [0.2, 0.25) is 0 Å². The number of benzene rings is 1. The molecule has 0 fully saturated rings. The van der Waals surface area contributed by atoms with Gasteiger partial charge in [0.1, 0.15) is 11.5 Å². The minimum atomic E-state index is -0.324. The third kappa shape index (κ3) is 6.14. The van der Waals surface area contributed by atoms with Gasteiger partial charge >= 0.3 is 0 Å². The van der Waals surface area contributed by atoms with Crippen molar-refractivity contribution in [3.05, 3.63) is 65.5 Å². The lowest BCUT2D eigenvalue weighted by Crippen LogP contribution is -2.40. The van der Waals surface area contributed by atoms with Crippen molar-refractivity contribution in [2.75, 3.05) is 0 Å². The lowest BCUT2D eigenvalue weighted by Gasteiger charge is -2.20.